The third-order valence-electron chi connectivity index (χ3n) is 2.53. The number of carbonyl (C=O) groups is 1. The molecule has 1 aromatic carbocycles. The van der Waals surface area contributed by atoms with Gasteiger partial charge in [-0.2, -0.15) is 0 Å². The number of carboxylic acids is 1. The smallest absolute Gasteiger partial charge is 0.326 e. The first kappa shape index (κ1) is 9.96. The Morgan fingerprint density at radius 1 is 1.40 bits per heavy atom. The van der Waals surface area contributed by atoms with Crippen LogP contribution < -0.4 is 5.32 Å². The Balaban J connectivity index is 2.05. The average Bonchev–Trinajstić information content (AvgIpc) is 3.00. The van der Waals surface area contributed by atoms with E-state index < -0.39 is 12.0 Å². The predicted octanol–water partition coefficient (Wildman–Crippen LogP) is 2.10. The van der Waals surface area contributed by atoms with Crippen molar-refractivity contribution in [3.63, 3.8) is 0 Å². The molecule has 1 atom stereocenters. The average molecular weight is 209 g/mol. The summed E-state index contributed by atoms with van der Waals surface area (Å²) in [6.07, 6.45) is 1.90. The highest BCUT2D eigenvalue weighted by atomic mass is 19.1. The maximum Gasteiger partial charge on any atom is 0.326 e. The molecule has 0 saturated heterocycles. The van der Waals surface area contributed by atoms with Gasteiger partial charge in [-0.15, -0.1) is 0 Å². The molecule has 0 bridgehead atoms. The standard InChI is InChI=1S/C11H12FNO2/c12-8-3-5-9(6-4-8)13-10(11(14)15)7-1-2-7/h3-7,10,13H,1-2H2,(H,14,15). The number of carboxylic acid groups (broad SMARTS) is 1. The first-order valence-electron chi connectivity index (χ1n) is 4.92. The lowest BCUT2D eigenvalue weighted by molar-refractivity contribution is -0.138. The van der Waals surface area contributed by atoms with E-state index in [9.17, 15) is 9.18 Å². The van der Waals surface area contributed by atoms with Crippen molar-refractivity contribution in [2.75, 3.05) is 5.32 Å². The second-order valence-corrected chi connectivity index (χ2v) is 3.80. The van der Waals surface area contributed by atoms with E-state index in [2.05, 4.69) is 5.32 Å². The molecule has 1 saturated carbocycles. The van der Waals surface area contributed by atoms with Crippen molar-refractivity contribution in [2.45, 2.75) is 18.9 Å². The Hall–Kier alpha value is -1.58. The summed E-state index contributed by atoms with van der Waals surface area (Å²) in [6, 6.07) is 5.18. The van der Waals surface area contributed by atoms with Gasteiger partial charge in [0.15, 0.2) is 0 Å². The van der Waals surface area contributed by atoms with Crippen molar-refractivity contribution in [3.8, 4) is 0 Å². The number of hydrogen-bond acceptors (Lipinski definition) is 2. The first-order valence-corrected chi connectivity index (χ1v) is 4.92. The Morgan fingerprint density at radius 3 is 2.47 bits per heavy atom. The maximum atomic E-state index is 12.6. The molecule has 0 amide bonds. The van der Waals surface area contributed by atoms with Gasteiger partial charge in [0.05, 0.1) is 0 Å². The molecule has 15 heavy (non-hydrogen) atoms. The molecule has 0 aliphatic heterocycles. The quantitative estimate of drug-likeness (QED) is 0.798. The molecule has 0 aromatic heterocycles. The van der Waals surface area contributed by atoms with Gasteiger partial charge >= 0.3 is 5.97 Å². The van der Waals surface area contributed by atoms with Gasteiger partial charge in [-0.1, -0.05) is 0 Å². The van der Waals surface area contributed by atoms with E-state index in [0.29, 0.717) is 5.69 Å². The molecular formula is C11H12FNO2. The van der Waals surface area contributed by atoms with Crippen LogP contribution in [0.2, 0.25) is 0 Å². The lowest BCUT2D eigenvalue weighted by Gasteiger charge is -2.14. The van der Waals surface area contributed by atoms with E-state index in [1.807, 2.05) is 0 Å². The topological polar surface area (TPSA) is 49.3 Å². The molecule has 1 aliphatic carbocycles. The minimum absolute atomic E-state index is 0.215. The van der Waals surface area contributed by atoms with Gasteiger partial charge in [-0.3, -0.25) is 0 Å². The van der Waals surface area contributed by atoms with Crippen LogP contribution in [0.25, 0.3) is 0 Å². The zero-order chi connectivity index (χ0) is 10.8. The Kier molecular flexibility index (Phi) is 2.58. The van der Waals surface area contributed by atoms with E-state index >= 15 is 0 Å². The van der Waals surface area contributed by atoms with Crippen molar-refractivity contribution >= 4 is 11.7 Å². The van der Waals surface area contributed by atoms with Crippen LogP contribution in [0.15, 0.2) is 24.3 Å². The Morgan fingerprint density at radius 2 is 2.00 bits per heavy atom. The van der Waals surface area contributed by atoms with E-state index in [-0.39, 0.29) is 11.7 Å². The largest absolute Gasteiger partial charge is 0.480 e. The summed E-state index contributed by atoms with van der Waals surface area (Å²) in [5.74, 6) is -0.951. The fourth-order valence-corrected chi connectivity index (χ4v) is 1.54. The van der Waals surface area contributed by atoms with E-state index in [1.54, 1.807) is 12.1 Å². The van der Waals surface area contributed by atoms with Gasteiger partial charge in [-0.05, 0) is 43.0 Å². The van der Waals surface area contributed by atoms with Gasteiger partial charge in [0.2, 0.25) is 0 Å². The normalized spacial score (nSPS) is 17.1. The zero-order valence-electron chi connectivity index (χ0n) is 8.11. The zero-order valence-corrected chi connectivity index (χ0v) is 8.11. The molecule has 80 valence electrons. The van der Waals surface area contributed by atoms with Gasteiger partial charge < -0.3 is 10.4 Å². The molecule has 2 N–H and O–H groups in total. The van der Waals surface area contributed by atoms with E-state index in [4.69, 9.17) is 5.11 Å². The Bertz CT molecular complexity index is 359. The third-order valence-corrected chi connectivity index (χ3v) is 2.53. The predicted molar refractivity (Wildman–Crippen MR) is 54.2 cm³/mol. The van der Waals surface area contributed by atoms with Gasteiger partial charge in [0.1, 0.15) is 11.9 Å². The minimum atomic E-state index is -0.846. The summed E-state index contributed by atoms with van der Waals surface area (Å²) in [5.41, 5.74) is 0.649. The number of aliphatic carboxylic acids is 1. The minimum Gasteiger partial charge on any atom is -0.480 e. The molecule has 0 radical (unpaired) electrons. The summed E-state index contributed by atoms with van der Waals surface area (Å²) < 4.78 is 12.6. The van der Waals surface area contributed by atoms with Crippen LogP contribution in [0.3, 0.4) is 0 Å². The Labute approximate surface area is 86.9 Å². The number of anilines is 1. The van der Waals surface area contributed by atoms with E-state index in [1.165, 1.54) is 12.1 Å². The number of benzene rings is 1. The first-order chi connectivity index (χ1) is 7.16. The molecule has 3 nitrogen and oxygen atoms in total. The lowest BCUT2D eigenvalue weighted by atomic mass is 10.1. The van der Waals surface area contributed by atoms with Crippen LogP contribution in [0.5, 0.6) is 0 Å². The molecular weight excluding hydrogens is 197 g/mol. The second-order valence-electron chi connectivity index (χ2n) is 3.80. The molecule has 1 unspecified atom stereocenters. The van der Waals surface area contributed by atoms with Crippen LogP contribution in [0.1, 0.15) is 12.8 Å². The van der Waals surface area contributed by atoms with Gasteiger partial charge in [0, 0.05) is 5.69 Å². The molecule has 1 aliphatic rings. The van der Waals surface area contributed by atoms with Gasteiger partial charge in [0.25, 0.3) is 0 Å². The lowest BCUT2D eigenvalue weighted by Crippen LogP contribution is -2.31. The highest BCUT2D eigenvalue weighted by molar-refractivity contribution is 5.78. The molecule has 2 rings (SSSR count). The molecule has 1 aromatic rings. The van der Waals surface area contributed by atoms with Crippen LogP contribution in [0.4, 0.5) is 10.1 Å². The fraction of sp³-hybridized carbons (Fsp3) is 0.364. The van der Waals surface area contributed by atoms with Crippen molar-refractivity contribution in [2.24, 2.45) is 5.92 Å². The number of nitrogens with one attached hydrogen (secondary N) is 1. The van der Waals surface area contributed by atoms with Gasteiger partial charge in [-0.25, -0.2) is 9.18 Å². The summed E-state index contributed by atoms with van der Waals surface area (Å²) >= 11 is 0. The van der Waals surface area contributed by atoms with Crippen molar-refractivity contribution in [1.29, 1.82) is 0 Å². The SMILES string of the molecule is O=C(O)C(Nc1ccc(F)cc1)C1CC1. The monoisotopic (exact) mass is 209 g/mol. The van der Waals surface area contributed by atoms with Crippen LogP contribution >= 0.6 is 0 Å². The molecule has 0 heterocycles. The molecule has 1 fully saturated rings. The number of rotatable bonds is 4. The van der Waals surface area contributed by atoms with Crippen LogP contribution in [0, 0.1) is 11.7 Å². The molecule has 4 heteroatoms. The highest BCUT2D eigenvalue weighted by Crippen LogP contribution is 2.34. The summed E-state index contributed by atoms with van der Waals surface area (Å²) in [7, 11) is 0. The second kappa shape index (κ2) is 3.88. The fourth-order valence-electron chi connectivity index (χ4n) is 1.54. The van der Waals surface area contributed by atoms with Crippen molar-refractivity contribution in [1.82, 2.24) is 0 Å². The summed E-state index contributed by atoms with van der Waals surface area (Å²) in [5, 5.41) is 11.9. The third kappa shape index (κ3) is 2.46. The summed E-state index contributed by atoms with van der Waals surface area (Å²) in [6.45, 7) is 0. The van der Waals surface area contributed by atoms with Crippen molar-refractivity contribution in [3.05, 3.63) is 30.1 Å². The van der Waals surface area contributed by atoms with Crippen molar-refractivity contribution < 1.29 is 14.3 Å². The number of hydrogen-bond donors (Lipinski definition) is 2. The summed E-state index contributed by atoms with van der Waals surface area (Å²) in [4.78, 5) is 10.9. The number of halogens is 1. The van der Waals surface area contributed by atoms with Crippen LogP contribution in [-0.2, 0) is 4.79 Å². The van der Waals surface area contributed by atoms with Crippen LogP contribution in [-0.4, -0.2) is 17.1 Å². The molecule has 0 spiro atoms. The highest BCUT2D eigenvalue weighted by Gasteiger charge is 2.36. The maximum absolute atomic E-state index is 12.6. The van der Waals surface area contributed by atoms with E-state index in [0.717, 1.165) is 12.8 Å².